The number of nitrogens with one attached hydrogen (secondary N) is 1. The van der Waals surface area contributed by atoms with E-state index in [9.17, 15) is 12.8 Å². The number of hydrogen-bond acceptors (Lipinski definition) is 3. The predicted octanol–water partition coefficient (Wildman–Crippen LogP) is 1.88. The second-order valence-electron chi connectivity index (χ2n) is 5.44. The van der Waals surface area contributed by atoms with Gasteiger partial charge in [0.2, 0.25) is 10.0 Å². The van der Waals surface area contributed by atoms with Gasteiger partial charge in [-0.3, -0.25) is 0 Å². The van der Waals surface area contributed by atoms with E-state index in [4.69, 9.17) is 5.11 Å². The van der Waals surface area contributed by atoms with Crippen molar-refractivity contribution in [2.45, 2.75) is 32.1 Å². The summed E-state index contributed by atoms with van der Waals surface area (Å²) in [6.45, 7) is 5.73. The van der Waals surface area contributed by atoms with Gasteiger partial charge in [-0.15, -0.1) is 0 Å². The molecule has 2 N–H and O–H groups in total. The zero-order chi connectivity index (χ0) is 16.1. The van der Waals surface area contributed by atoms with Crippen LogP contribution in [0, 0.1) is 23.1 Å². The quantitative estimate of drug-likeness (QED) is 0.816. The second kappa shape index (κ2) is 7.03. The van der Waals surface area contributed by atoms with Gasteiger partial charge in [0.15, 0.2) is 0 Å². The zero-order valence-electron chi connectivity index (χ0n) is 12.4. The Bertz CT molecular complexity index is 657. The Morgan fingerprint density at radius 1 is 1.38 bits per heavy atom. The summed E-state index contributed by atoms with van der Waals surface area (Å²) in [6, 6.07) is 3.30. The van der Waals surface area contributed by atoms with E-state index in [1.165, 1.54) is 6.07 Å². The molecule has 0 aliphatic carbocycles. The van der Waals surface area contributed by atoms with Gasteiger partial charge in [-0.1, -0.05) is 32.6 Å². The van der Waals surface area contributed by atoms with Crippen LogP contribution in [-0.2, 0) is 10.0 Å². The summed E-state index contributed by atoms with van der Waals surface area (Å²) in [5, 5.41) is 8.70. The number of hydrogen-bond donors (Lipinski definition) is 2. The predicted molar refractivity (Wildman–Crippen MR) is 79.6 cm³/mol. The largest absolute Gasteiger partial charge is 0.384 e. The molecule has 1 aromatic carbocycles. The third-order valence-corrected chi connectivity index (χ3v) is 4.69. The lowest BCUT2D eigenvalue weighted by molar-refractivity contribution is 0.350. The van der Waals surface area contributed by atoms with Crippen molar-refractivity contribution in [1.82, 2.24) is 4.72 Å². The molecule has 0 aliphatic rings. The smallest absolute Gasteiger partial charge is 0.241 e. The number of sulfonamides is 1. The fraction of sp³-hybridized carbons (Fsp3) is 0.467. The molecular weight excluding hydrogens is 293 g/mol. The van der Waals surface area contributed by atoms with E-state index in [1.54, 1.807) is 0 Å². The van der Waals surface area contributed by atoms with Gasteiger partial charge in [0.1, 0.15) is 12.4 Å². The van der Waals surface area contributed by atoms with E-state index < -0.39 is 22.4 Å². The molecule has 0 heterocycles. The second-order valence-corrected chi connectivity index (χ2v) is 7.18. The summed E-state index contributed by atoms with van der Waals surface area (Å²) in [5.41, 5.74) is -0.143. The molecule has 0 atom stereocenters. The minimum Gasteiger partial charge on any atom is -0.384 e. The minimum atomic E-state index is -3.78. The van der Waals surface area contributed by atoms with Gasteiger partial charge in [0.05, 0.1) is 4.90 Å². The minimum absolute atomic E-state index is 0.0332. The molecule has 6 heteroatoms. The fourth-order valence-electron chi connectivity index (χ4n) is 1.46. The van der Waals surface area contributed by atoms with Gasteiger partial charge in [0, 0.05) is 12.1 Å². The van der Waals surface area contributed by atoms with Crippen LogP contribution in [0.3, 0.4) is 0 Å². The Hall–Kier alpha value is -1.42. The number of aliphatic hydroxyl groups is 1. The SMILES string of the molecule is CCC(C)(C)CNS(=O)(=O)c1ccc(F)cc1C#CCO. The molecule has 0 amide bonds. The molecule has 1 aromatic rings. The van der Waals surface area contributed by atoms with E-state index in [0.717, 1.165) is 18.6 Å². The molecule has 0 aromatic heterocycles. The summed E-state index contributed by atoms with van der Waals surface area (Å²) in [6.07, 6.45) is 0.816. The highest BCUT2D eigenvalue weighted by molar-refractivity contribution is 7.89. The van der Waals surface area contributed by atoms with Crippen LogP contribution < -0.4 is 4.72 Å². The Balaban J connectivity index is 3.14. The van der Waals surface area contributed by atoms with Crippen molar-refractivity contribution in [3.05, 3.63) is 29.6 Å². The fourth-order valence-corrected chi connectivity index (χ4v) is 2.85. The first-order valence-electron chi connectivity index (χ1n) is 6.61. The maximum absolute atomic E-state index is 13.2. The van der Waals surface area contributed by atoms with Crippen LogP contribution in [-0.4, -0.2) is 26.7 Å². The number of aliphatic hydroxyl groups excluding tert-OH is 1. The summed E-state index contributed by atoms with van der Waals surface area (Å²) in [7, 11) is -3.78. The van der Waals surface area contributed by atoms with Crippen molar-refractivity contribution >= 4 is 10.0 Å². The Kier molecular flexibility index (Phi) is 5.90. The first-order chi connectivity index (χ1) is 9.72. The van der Waals surface area contributed by atoms with Gasteiger partial charge in [-0.2, -0.15) is 0 Å². The van der Waals surface area contributed by atoms with Crippen LogP contribution in [0.1, 0.15) is 32.8 Å². The zero-order valence-corrected chi connectivity index (χ0v) is 13.2. The van der Waals surface area contributed by atoms with Gasteiger partial charge >= 0.3 is 0 Å². The van der Waals surface area contributed by atoms with E-state index >= 15 is 0 Å². The van der Waals surface area contributed by atoms with Crippen LogP contribution in [0.15, 0.2) is 23.1 Å². The number of rotatable bonds is 5. The van der Waals surface area contributed by atoms with Crippen molar-refractivity contribution in [2.24, 2.45) is 5.41 Å². The normalized spacial score (nSPS) is 11.9. The van der Waals surface area contributed by atoms with Crippen LogP contribution in [0.25, 0.3) is 0 Å². The molecule has 0 saturated heterocycles. The Morgan fingerprint density at radius 2 is 2.05 bits per heavy atom. The van der Waals surface area contributed by atoms with Gasteiger partial charge in [-0.05, 0) is 30.0 Å². The van der Waals surface area contributed by atoms with E-state index in [-0.39, 0.29) is 22.4 Å². The molecule has 0 aliphatic heterocycles. The van der Waals surface area contributed by atoms with Crippen LogP contribution in [0.5, 0.6) is 0 Å². The summed E-state index contributed by atoms with van der Waals surface area (Å²) >= 11 is 0. The lowest BCUT2D eigenvalue weighted by atomic mass is 9.91. The molecular formula is C15H20FNO3S. The van der Waals surface area contributed by atoms with E-state index in [0.29, 0.717) is 0 Å². The molecule has 0 spiro atoms. The maximum Gasteiger partial charge on any atom is 0.241 e. The highest BCUT2D eigenvalue weighted by Crippen LogP contribution is 2.21. The third kappa shape index (κ3) is 5.12. The highest BCUT2D eigenvalue weighted by atomic mass is 32.2. The number of benzene rings is 1. The highest BCUT2D eigenvalue weighted by Gasteiger charge is 2.22. The van der Waals surface area contributed by atoms with Crippen molar-refractivity contribution in [2.75, 3.05) is 13.2 Å². The molecule has 116 valence electrons. The molecule has 0 fully saturated rings. The molecule has 0 radical (unpaired) electrons. The summed E-state index contributed by atoms with van der Waals surface area (Å²) in [5.74, 6) is 4.22. The molecule has 0 saturated carbocycles. The Labute approximate surface area is 125 Å². The standard InChI is InChI=1S/C15H20FNO3S/c1-4-15(2,3)11-17-21(19,20)14-8-7-13(16)10-12(14)6-5-9-18/h7-8,10,17-18H,4,9,11H2,1-3H3. The van der Waals surface area contributed by atoms with Crippen LogP contribution in [0.4, 0.5) is 4.39 Å². The first kappa shape index (κ1) is 17.6. The molecule has 0 unspecified atom stereocenters. The lowest BCUT2D eigenvalue weighted by Gasteiger charge is -2.23. The topological polar surface area (TPSA) is 66.4 Å². The van der Waals surface area contributed by atoms with E-state index in [1.807, 2.05) is 20.8 Å². The summed E-state index contributed by atoms with van der Waals surface area (Å²) < 4.78 is 40.4. The van der Waals surface area contributed by atoms with Gasteiger partial charge in [-0.25, -0.2) is 17.5 Å². The Morgan fingerprint density at radius 3 is 2.62 bits per heavy atom. The molecule has 4 nitrogen and oxygen atoms in total. The van der Waals surface area contributed by atoms with E-state index in [2.05, 4.69) is 16.6 Å². The lowest BCUT2D eigenvalue weighted by Crippen LogP contribution is -2.34. The number of halogens is 1. The van der Waals surface area contributed by atoms with Crippen molar-refractivity contribution in [3.63, 3.8) is 0 Å². The van der Waals surface area contributed by atoms with Crippen molar-refractivity contribution in [3.8, 4) is 11.8 Å². The van der Waals surface area contributed by atoms with Crippen LogP contribution >= 0.6 is 0 Å². The average molecular weight is 313 g/mol. The monoisotopic (exact) mass is 313 g/mol. The first-order valence-corrected chi connectivity index (χ1v) is 8.09. The molecule has 0 bridgehead atoms. The van der Waals surface area contributed by atoms with Crippen molar-refractivity contribution < 1.29 is 17.9 Å². The van der Waals surface area contributed by atoms with Gasteiger partial charge < -0.3 is 5.11 Å². The van der Waals surface area contributed by atoms with Crippen LogP contribution in [0.2, 0.25) is 0 Å². The van der Waals surface area contributed by atoms with Crippen molar-refractivity contribution in [1.29, 1.82) is 0 Å². The van der Waals surface area contributed by atoms with Gasteiger partial charge in [0.25, 0.3) is 0 Å². The third-order valence-electron chi connectivity index (χ3n) is 3.23. The summed E-state index contributed by atoms with van der Waals surface area (Å²) in [4.78, 5) is -0.0863. The maximum atomic E-state index is 13.2. The molecule has 1 rings (SSSR count). The average Bonchev–Trinajstić information content (AvgIpc) is 2.43. The molecule has 21 heavy (non-hydrogen) atoms.